The first kappa shape index (κ1) is 11.4. The van der Waals surface area contributed by atoms with E-state index in [2.05, 4.69) is 0 Å². The number of hydrogen-bond donors (Lipinski definition) is 2. The molecular formula is C15H15NO. The smallest absolute Gasteiger partial charge is 0.0681 e. The zero-order valence-corrected chi connectivity index (χ0v) is 9.51. The van der Waals surface area contributed by atoms with Crippen molar-refractivity contribution >= 4 is 17.8 Å². The lowest BCUT2D eigenvalue weighted by molar-refractivity contribution is 0.282. The Hall–Kier alpha value is -2.06. The Kier molecular flexibility index (Phi) is 3.58. The summed E-state index contributed by atoms with van der Waals surface area (Å²) in [6.45, 7) is 0.0853. The Labute approximate surface area is 101 Å². The third-order valence-electron chi connectivity index (χ3n) is 2.57. The van der Waals surface area contributed by atoms with Gasteiger partial charge in [0.05, 0.1) is 6.61 Å². The summed E-state index contributed by atoms with van der Waals surface area (Å²) in [5.41, 5.74) is 9.54. The van der Waals surface area contributed by atoms with E-state index >= 15 is 0 Å². The van der Waals surface area contributed by atoms with Crippen molar-refractivity contribution in [3.63, 3.8) is 0 Å². The molecule has 0 aliphatic rings. The number of aliphatic hydroxyl groups is 1. The molecule has 2 rings (SSSR count). The minimum Gasteiger partial charge on any atom is -0.399 e. The monoisotopic (exact) mass is 225 g/mol. The van der Waals surface area contributed by atoms with Gasteiger partial charge >= 0.3 is 0 Å². The molecule has 0 amide bonds. The van der Waals surface area contributed by atoms with E-state index in [1.54, 1.807) is 0 Å². The van der Waals surface area contributed by atoms with Crippen LogP contribution in [0.25, 0.3) is 12.2 Å². The van der Waals surface area contributed by atoms with E-state index < -0.39 is 0 Å². The molecule has 0 saturated heterocycles. The van der Waals surface area contributed by atoms with Crippen molar-refractivity contribution < 1.29 is 5.11 Å². The predicted octanol–water partition coefficient (Wildman–Crippen LogP) is 2.93. The van der Waals surface area contributed by atoms with Crippen LogP contribution >= 0.6 is 0 Å². The summed E-state index contributed by atoms with van der Waals surface area (Å²) in [6, 6.07) is 15.5. The number of aliphatic hydroxyl groups excluding tert-OH is 1. The van der Waals surface area contributed by atoms with Crippen LogP contribution in [0.2, 0.25) is 0 Å². The van der Waals surface area contributed by atoms with Gasteiger partial charge in [-0.3, -0.25) is 0 Å². The van der Waals surface area contributed by atoms with Crippen LogP contribution in [0.15, 0.2) is 48.5 Å². The molecule has 0 unspecified atom stereocenters. The molecule has 2 aromatic carbocycles. The number of nitrogen functional groups attached to an aromatic ring is 1. The van der Waals surface area contributed by atoms with Gasteiger partial charge in [0.15, 0.2) is 0 Å². The van der Waals surface area contributed by atoms with Crippen LogP contribution in [0.3, 0.4) is 0 Å². The summed E-state index contributed by atoms with van der Waals surface area (Å²) in [7, 11) is 0. The largest absolute Gasteiger partial charge is 0.399 e. The standard InChI is InChI=1S/C15H15NO/c16-15-9-7-13(8-10-15)2-1-12-3-5-14(11-17)6-4-12/h1-10,17H,11,16H2/b2-1+. The first-order valence-corrected chi connectivity index (χ1v) is 5.51. The van der Waals surface area contributed by atoms with E-state index in [0.717, 1.165) is 22.4 Å². The molecule has 0 heterocycles. The second-order valence-corrected chi connectivity index (χ2v) is 3.90. The summed E-state index contributed by atoms with van der Waals surface area (Å²) < 4.78 is 0. The normalized spacial score (nSPS) is 10.9. The van der Waals surface area contributed by atoms with E-state index in [4.69, 9.17) is 10.8 Å². The Morgan fingerprint density at radius 1 is 0.824 bits per heavy atom. The average Bonchev–Trinajstić information content (AvgIpc) is 2.39. The van der Waals surface area contributed by atoms with Crippen molar-refractivity contribution in [2.45, 2.75) is 6.61 Å². The lowest BCUT2D eigenvalue weighted by Gasteiger charge is -1.98. The maximum atomic E-state index is 8.93. The topological polar surface area (TPSA) is 46.2 Å². The molecule has 2 aromatic rings. The second-order valence-electron chi connectivity index (χ2n) is 3.90. The molecule has 0 aromatic heterocycles. The lowest BCUT2D eigenvalue weighted by atomic mass is 10.1. The van der Waals surface area contributed by atoms with E-state index in [9.17, 15) is 0 Å². The fraction of sp³-hybridized carbons (Fsp3) is 0.0667. The maximum absolute atomic E-state index is 8.93. The van der Waals surface area contributed by atoms with Crippen molar-refractivity contribution in [3.05, 3.63) is 65.2 Å². The molecule has 0 atom stereocenters. The van der Waals surface area contributed by atoms with Gasteiger partial charge in [-0.1, -0.05) is 48.6 Å². The van der Waals surface area contributed by atoms with Crippen molar-refractivity contribution in [2.24, 2.45) is 0 Å². The molecule has 86 valence electrons. The van der Waals surface area contributed by atoms with E-state index in [1.165, 1.54) is 0 Å². The van der Waals surface area contributed by atoms with Gasteiger partial charge in [-0.25, -0.2) is 0 Å². The molecule has 0 radical (unpaired) electrons. The highest BCUT2D eigenvalue weighted by atomic mass is 16.3. The van der Waals surface area contributed by atoms with Crippen LogP contribution in [-0.4, -0.2) is 5.11 Å². The van der Waals surface area contributed by atoms with Crippen LogP contribution in [0.1, 0.15) is 16.7 Å². The number of benzene rings is 2. The number of rotatable bonds is 3. The van der Waals surface area contributed by atoms with Gasteiger partial charge < -0.3 is 10.8 Å². The second kappa shape index (κ2) is 5.32. The van der Waals surface area contributed by atoms with Crippen LogP contribution in [-0.2, 0) is 6.61 Å². The first-order valence-electron chi connectivity index (χ1n) is 5.51. The number of hydrogen-bond acceptors (Lipinski definition) is 2. The highest BCUT2D eigenvalue weighted by molar-refractivity contribution is 5.70. The Morgan fingerprint density at radius 2 is 1.29 bits per heavy atom. The van der Waals surface area contributed by atoms with Gasteiger partial charge in [-0.2, -0.15) is 0 Å². The predicted molar refractivity (Wildman–Crippen MR) is 72.1 cm³/mol. The quantitative estimate of drug-likeness (QED) is 0.623. The molecule has 3 N–H and O–H groups in total. The lowest BCUT2D eigenvalue weighted by Crippen LogP contribution is -1.83. The molecule has 0 fully saturated rings. The third kappa shape index (κ3) is 3.20. The third-order valence-corrected chi connectivity index (χ3v) is 2.57. The summed E-state index contributed by atoms with van der Waals surface area (Å²) in [5.74, 6) is 0. The molecule has 0 saturated carbocycles. The Morgan fingerprint density at radius 3 is 1.76 bits per heavy atom. The first-order chi connectivity index (χ1) is 8.28. The fourth-order valence-corrected chi connectivity index (χ4v) is 1.53. The molecule has 0 bridgehead atoms. The summed E-state index contributed by atoms with van der Waals surface area (Å²) in [5, 5.41) is 8.93. The summed E-state index contributed by atoms with van der Waals surface area (Å²) in [4.78, 5) is 0. The van der Waals surface area contributed by atoms with Crippen molar-refractivity contribution in [3.8, 4) is 0 Å². The van der Waals surface area contributed by atoms with E-state index in [0.29, 0.717) is 0 Å². The molecule has 0 spiro atoms. The minimum absolute atomic E-state index is 0.0853. The zero-order chi connectivity index (χ0) is 12.1. The molecule has 2 nitrogen and oxygen atoms in total. The van der Waals surface area contributed by atoms with Crippen molar-refractivity contribution in [1.29, 1.82) is 0 Å². The maximum Gasteiger partial charge on any atom is 0.0681 e. The van der Waals surface area contributed by atoms with Crippen LogP contribution in [0.5, 0.6) is 0 Å². The highest BCUT2D eigenvalue weighted by Crippen LogP contribution is 2.11. The van der Waals surface area contributed by atoms with Gasteiger partial charge in [0.1, 0.15) is 0 Å². The fourth-order valence-electron chi connectivity index (χ4n) is 1.53. The van der Waals surface area contributed by atoms with Gasteiger partial charge in [-0.15, -0.1) is 0 Å². The molecule has 2 heteroatoms. The van der Waals surface area contributed by atoms with Crippen LogP contribution < -0.4 is 5.73 Å². The van der Waals surface area contributed by atoms with Crippen molar-refractivity contribution in [1.82, 2.24) is 0 Å². The number of anilines is 1. The van der Waals surface area contributed by atoms with E-state index in [-0.39, 0.29) is 6.61 Å². The summed E-state index contributed by atoms with van der Waals surface area (Å²) in [6.07, 6.45) is 4.07. The minimum atomic E-state index is 0.0853. The zero-order valence-electron chi connectivity index (χ0n) is 9.51. The van der Waals surface area contributed by atoms with Gasteiger partial charge in [0.2, 0.25) is 0 Å². The van der Waals surface area contributed by atoms with Crippen molar-refractivity contribution in [2.75, 3.05) is 5.73 Å². The SMILES string of the molecule is Nc1ccc(/C=C/c2ccc(CO)cc2)cc1. The molecular weight excluding hydrogens is 210 g/mol. The highest BCUT2D eigenvalue weighted by Gasteiger charge is 1.90. The van der Waals surface area contributed by atoms with Gasteiger partial charge in [0, 0.05) is 5.69 Å². The van der Waals surface area contributed by atoms with Crippen LogP contribution in [0.4, 0.5) is 5.69 Å². The van der Waals surface area contributed by atoms with Crippen LogP contribution in [0, 0.1) is 0 Å². The molecule has 0 aliphatic heterocycles. The summed E-state index contributed by atoms with van der Waals surface area (Å²) >= 11 is 0. The Bertz CT molecular complexity index is 497. The number of nitrogens with two attached hydrogens (primary N) is 1. The Balaban J connectivity index is 2.11. The molecule has 17 heavy (non-hydrogen) atoms. The van der Waals surface area contributed by atoms with E-state index in [1.807, 2.05) is 60.7 Å². The average molecular weight is 225 g/mol. The van der Waals surface area contributed by atoms with Gasteiger partial charge in [-0.05, 0) is 28.8 Å². The van der Waals surface area contributed by atoms with Gasteiger partial charge in [0.25, 0.3) is 0 Å². The molecule has 0 aliphatic carbocycles.